The summed E-state index contributed by atoms with van der Waals surface area (Å²) in [6.45, 7) is 8.29. The maximum atomic E-state index is 6.04. The molecule has 1 aliphatic rings. The van der Waals surface area contributed by atoms with Crippen LogP contribution in [0, 0.1) is 0 Å². The number of nitrogens with zero attached hydrogens (tertiary/aromatic N) is 2. The Hall–Kier alpha value is -1.30. The fourth-order valence-corrected chi connectivity index (χ4v) is 2.95. The van der Waals surface area contributed by atoms with Gasteiger partial charge in [-0.3, -0.25) is 4.90 Å². The number of ether oxygens (including phenoxy) is 2. The highest BCUT2D eigenvalue weighted by Gasteiger charge is 2.24. The molecule has 2 rings (SSSR count). The number of nitrogens with two attached hydrogens (primary N) is 1. The molecule has 1 saturated heterocycles. The predicted molar refractivity (Wildman–Crippen MR) is 85.0 cm³/mol. The van der Waals surface area contributed by atoms with Gasteiger partial charge in [0.25, 0.3) is 0 Å². The Balaban J connectivity index is 2.14. The summed E-state index contributed by atoms with van der Waals surface area (Å²) in [5.74, 6) is 1.52. The molecule has 0 aliphatic carbocycles. The maximum absolute atomic E-state index is 6.04. The smallest absolute Gasteiger partial charge is 0.161 e. The lowest BCUT2D eigenvalue weighted by molar-refractivity contribution is 0.102. The largest absolute Gasteiger partial charge is 0.493 e. The van der Waals surface area contributed by atoms with Gasteiger partial charge in [-0.05, 0) is 24.2 Å². The van der Waals surface area contributed by atoms with Crippen molar-refractivity contribution in [1.82, 2.24) is 9.80 Å². The van der Waals surface area contributed by atoms with E-state index < -0.39 is 0 Å². The van der Waals surface area contributed by atoms with Gasteiger partial charge < -0.3 is 20.1 Å². The minimum absolute atomic E-state index is 0.240. The van der Waals surface area contributed by atoms with Crippen LogP contribution in [0.3, 0.4) is 0 Å². The molecule has 1 atom stereocenters. The van der Waals surface area contributed by atoms with Gasteiger partial charge in [0.2, 0.25) is 0 Å². The molecule has 1 aliphatic heterocycles. The van der Waals surface area contributed by atoms with Gasteiger partial charge in [-0.25, -0.2) is 0 Å². The van der Waals surface area contributed by atoms with Crippen LogP contribution in [0.1, 0.15) is 18.5 Å². The zero-order valence-electron chi connectivity index (χ0n) is 13.3. The van der Waals surface area contributed by atoms with E-state index in [0.717, 1.165) is 44.2 Å². The van der Waals surface area contributed by atoms with Crippen molar-refractivity contribution < 1.29 is 9.47 Å². The van der Waals surface area contributed by atoms with E-state index in [1.807, 2.05) is 12.1 Å². The third-order valence-corrected chi connectivity index (χ3v) is 4.31. The lowest BCUT2D eigenvalue weighted by Crippen LogP contribution is -2.48. The molecule has 1 aromatic carbocycles. The third kappa shape index (κ3) is 3.67. The van der Waals surface area contributed by atoms with Crippen molar-refractivity contribution in [2.75, 3.05) is 53.5 Å². The first-order chi connectivity index (χ1) is 10.2. The fraction of sp³-hybridized carbons (Fsp3) is 0.625. The van der Waals surface area contributed by atoms with Crippen molar-refractivity contribution in [2.24, 2.45) is 5.73 Å². The van der Waals surface area contributed by atoms with Gasteiger partial charge in [0.15, 0.2) is 11.5 Å². The van der Waals surface area contributed by atoms with E-state index in [1.54, 1.807) is 14.2 Å². The molecule has 0 unspecified atom stereocenters. The average molecular weight is 293 g/mol. The lowest BCUT2D eigenvalue weighted by atomic mass is 10.0. The van der Waals surface area contributed by atoms with Crippen molar-refractivity contribution >= 4 is 0 Å². The van der Waals surface area contributed by atoms with E-state index in [0.29, 0.717) is 6.54 Å². The molecule has 0 spiro atoms. The van der Waals surface area contributed by atoms with Gasteiger partial charge in [-0.2, -0.15) is 0 Å². The second kappa shape index (κ2) is 7.64. The Morgan fingerprint density at radius 3 is 2.29 bits per heavy atom. The van der Waals surface area contributed by atoms with E-state index in [4.69, 9.17) is 15.2 Å². The first-order valence-electron chi connectivity index (χ1n) is 7.61. The molecule has 0 bridgehead atoms. The number of methoxy groups -OCH3 is 2. The third-order valence-electron chi connectivity index (χ3n) is 4.31. The number of piperazine rings is 1. The molecule has 21 heavy (non-hydrogen) atoms. The van der Waals surface area contributed by atoms with Gasteiger partial charge in [-0.15, -0.1) is 0 Å². The van der Waals surface area contributed by atoms with Gasteiger partial charge in [0.05, 0.1) is 14.2 Å². The van der Waals surface area contributed by atoms with Crippen molar-refractivity contribution in [3.05, 3.63) is 23.8 Å². The molecule has 2 N–H and O–H groups in total. The van der Waals surface area contributed by atoms with E-state index in [-0.39, 0.29) is 6.04 Å². The topological polar surface area (TPSA) is 51.0 Å². The lowest BCUT2D eigenvalue weighted by Gasteiger charge is -2.38. The average Bonchev–Trinajstić information content (AvgIpc) is 2.56. The Morgan fingerprint density at radius 1 is 1.10 bits per heavy atom. The van der Waals surface area contributed by atoms with Crippen molar-refractivity contribution in [1.29, 1.82) is 0 Å². The van der Waals surface area contributed by atoms with Crippen molar-refractivity contribution in [3.63, 3.8) is 0 Å². The van der Waals surface area contributed by atoms with Crippen LogP contribution < -0.4 is 15.2 Å². The van der Waals surface area contributed by atoms with E-state index in [2.05, 4.69) is 22.8 Å². The summed E-state index contributed by atoms with van der Waals surface area (Å²) in [7, 11) is 3.32. The molecule has 1 aromatic rings. The fourth-order valence-electron chi connectivity index (χ4n) is 2.95. The number of hydrogen-bond acceptors (Lipinski definition) is 5. The molecular weight excluding hydrogens is 266 g/mol. The minimum atomic E-state index is 0.240. The van der Waals surface area contributed by atoms with E-state index in [1.165, 1.54) is 5.56 Å². The minimum Gasteiger partial charge on any atom is -0.493 e. The maximum Gasteiger partial charge on any atom is 0.161 e. The van der Waals surface area contributed by atoms with Gasteiger partial charge in [0, 0.05) is 38.8 Å². The summed E-state index contributed by atoms with van der Waals surface area (Å²) in [5, 5.41) is 0. The highest BCUT2D eigenvalue weighted by Crippen LogP contribution is 2.31. The number of rotatable bonds is 6. The molecule has 1 fully saturated rings. The van der Waals surface area contributed by atoms with Crippen LogP contribution in [-0.4, -0.2) is 63.3 Å². The molecule has 118 valence electrons. The van der Waals surface area contributed by atoms with Gasteiger partial charge >= 0.3 is 0 Å². The molecule has 0 aromatic heterocycles. The van der Waals surface area contributed by atoms with Crippen LogP contribution in [0.2, 0.25) is 0 Å². The summed E-state index contributed by atoms with van der Waals surface area (Å²) in [4.78, 5) is 4.94. The SMILES string of the molecule is CCN1CCN([C@@H](CN)c2ccc(OC)c(OC)c2)CC1. The standard InChI is InChI=1S/C16H27N3O2/c1-4-18-7-9-19(10-8-18)14(12-17)13-5-6-15(20-2)16(11-13)21-3/h5-6,11,14H,4,7-10,12,17H2,1-3H3/t14-/m0/s1. The highest BCUT2D eigenvalue weighted by molar-refractivity contribution is 5.43. The Bertz CT molecular complexity index is 445. The quantitative estimate of drug-likeness (QED) is 0.858. The summed E-state index contributed by atoms with van der Waals surface area (Å²) in [6.07, 6.45) is 0. The van der Waals surface area contributed by atoms with Crippen molar-refractivity contribution in [3.8, 4) is 11.5 Å². The predicted octanol–water partition coefficient (Wildman–Crippen LogP) is 1.34. The molecule has 0 radical (unpaired) electrons. The van der Waals surface area contributed by atoms with Crippen LogP contribution >= 0.6 is 0 Å². The number of benzene rings is 1. The first kappa shape index (κ1) is 16.1. The number of likely N-dealkylation sites (N-methyl/N-ethyl adjacent to an activating group) is 1. The van der Waals surface area contributed by atoms with Crippen LogP contribution in [0.15, 0.2) is 18.2 Å². The van der Waals surface area contributed by atoms with Gasteiger partial charge in [-0.1, -0.05) is 13.0 Å². The van der Waals surface area contributed by atoms with Crippen LogP contribution in [0.5, 0.6) is 11.5 Å². The van der Waals surface area contributed by atoms with Crippen LogP contribution in [0.25, 0.3) is 0 Å². The Morgan fingerprint density at radius 2 is 1.76 bits per heavy atom. The zero-order valence-corrected chi connectivity index (χ0v) is 13.3. The summed E-state index contributed by atoms with van der Waals surface area (Å²) in [5.41, 5.74) is 7.23. The Kier molecular flexibility index (Phi) is 5.85. The van der Waals surface area contributed by atoms with Gasteiger partial charge in [0.1, 0.15) is 0 Å². The molecule has 0 amide bonds. The molecule has 5 heteroatoms. The van der Waals surface area contributed by atoms with Crippen LogP contribution in [-0.2, 0) is 0 Å². The second-order valence-electron chi connectivity index (χ2n) is 5.34. The van der Waals surface area contributed by atoms with Crippen molar-refractivity contribution in [2.45, 2.75) is 13.0 Å². The Labute approximate surface area is 127 Å². The monoisotopic (exact) mass is 293 g/mol. The highest BCUT2D eigenvalue weighted by atomic mass is 16.5. The summed E-state index contributed by atoms with van der Waals surface area (Å²) >= 11 is 0. The van der Waals surface area contributed by atoms with Crippen LogP contribution in [0.4, 0.5) is 0 Å². The molecule has 0 saturated carbocycles. The van der Waals surface area contributed by atoms with E-state index in [9.17, 15) is 0 Å². The molecule has 5 nitrogen and oxygen atoms in total. The summed E-state index contributed by atoms with van der Waals surface area (Å²) in [6, 6.07) is 6.33. The first-order valence-corrected chi connectivity index (χ1v) is 7.61. The van der Waals surface area contributed by atoms with E-state index >= 15 is 0 Å². The number of hydrogen-bond donors (Lipinski definition) is 1. The second-order valence-corrected chi connectivity index (χ2v) is 5.34. The molecular formula is C16H27N3O2. The normalized spacial score (nSPS) is 18.5. The zero-order chi connectivity index (χ0) is 15.2. The summed E-state index contributed by atoms with van der Waals surface area (Å²) < 4.78 is 10.7. The molecule has 1 heterocycles.